The number of nitrogens with zero attached hydrogens (tertiary/aromatic N) is 1. The van der Waals surface area contributed by atoms with Crippen LogP contribution in [0, 0.1) is 0 Å². The van der Waals surface area contributed by atoms with E-state index in [1.54, 1.807) is 0 Å². The van der Waals surface area contributed by atoms with Crippen molar-refractivity contribution in [2.24, 2.45) is 0 Å². The van der Waals surface area contributed by atoms with E-state index in [0.29, 0.717) is 11.1 Å². The van der Waals surface area contributed by atoms with Crippen LogP contribution in [-0.4, -0.2) is 0 Å². The molecule has 0 amide bonds. The molecule has 0 bridgehead atoms. The standard InChI is InChI=1S/C37H28BrN/c1-37(2)34-16-7-6-12-31(34)32-23-22-28(24-35(32)37)39(26-10-4-3-5-11-26)27-20-18-25(19-21-27)29-13-8-15-33-30(29)14-9-17-36(33)38/h3-24H,1-2H3/i18D,19D,20D,21D. The van der Waals surface area contributed by atoms with Crippen molar-refractivity contribution in [3.63, 3.8) is 0 Å². The van der Waals surface area contributed by atoms with Crippen LogP contribution >= 0.6 is 15.9 Å². The zero-order valence-electron chi connectivity index (χ0n) is 25.7. The van der Waals surface area contributed by atoms with Crippen molar-refractivity contribution in [3.8, 4) is 22.3 Å². The zero-order valence-corrected chi connectivity index (χ0v) is 23.3. The van der Waals surface area contributed by atoms with Crippen molar-refractivity contribution in [1.82, 2.24) is 0 Å². The van der Waals surface area contributed by atoms with Crippen molar-refractivity contribution in [2.45, 2.75) is 19.3 Å². The fourth-order valence-electron chi connectivity index (χ4n) is 5.86. The Morgan fingerprint density at radius 2 is 1.23 bits per heavy atom. The molecular formula is C37H28BrN. The van der Waals surface area contributed by atoms with Gasteiger partial charge in [0.2, 0.25) is 0 Å². The summed E-state index contributed by atoms with van der Waals surface area (Å²) < 4.78 is 37.9. The molecule has 6 aromatic carbocycles. The Morgan fingerprint density at radius 1 is 0.564 bits per heavy atom. The highest BCUT2D eigenvalue weighted by molar-refractivity contribution is 9.10. The molecule has 0 radical (unpaired) electrons. The molecule has 6 aromatic rings. The van der Waals surface area contributed by atoms with Crippen molar-refractivity contribution in [3.05, 3.63) is 149 Å². The van der Waals surface area contributed by atoms with E-state index < -0.39 is 0 Å². The molecule has 2 heteroatoms. The minimum atomic E-state index is -0.231. The summed E-state index contributed by atoms with van der Waals surface area (Å²) >= 11 is 3.62. The molecule has 1 nitrogen and oxygen atoms in total. The van der Waals surface area contributed by atoms with E-state index in [4.69, 9.17) is 0 Å². The van der Waals surface area contributed by atoms with Gasteiger partial charge in [-0.05, 0) is 86.6 Å². The quantitative estimate of drug-likeness (QED) is 0.204. The Kier molecular flexibility index (Phi) is 4.71. The van der Waals surface area contributed by atoms with Gasteiger partial charge >= 0.3 is 0 Å². The van der Waals surface area contributed by atoms with Gasteiger partial charge in [-0.2, -0.15) is 0 Å². The molecule has 0 spiro atoms. The van der Waals surface area contributed by atoms with Gasteiger partial charge in [-0.3, -0.25) is 0 Å². The topological polar surface area (TPSA) is 3.24 Å². The van der Waals surface area contributed by atoms with Gasteiger partial charge in [0, 0.05) is 26.9 Å². The van der Waals surface area contributed by atoms with Crippen molar-refractivity contribution < 1.29 is 5.48 Å². The SMILES string of the molecule is [2H]c1c([2H])c(N(c2ccccc2)c2ccc3c(c2)C(C)(C)c2ccccc2-3)c([2H])c([2H])c1-c1cccc2c(Br)cccc12. The minimum Gasteiger partial charge on any atom is -0.310 e. The predicted octanol–water partition coefficient (Wildman–Crippen LogP) is 11.0. The van der Waals surface area contributed by atoms with Gasteiger partial charge in [0.25, 0.3) is 0 Å². The van der Waals surface area contributed by atoms with E-state index in [1.165, 1.54) is 22.3 Å². The molecule has 1 aliphatic carbocycles. The second-order valence-corrected chi connectivity index (χ2v) is 11.3. The first-order chi connectivity index (χ1) is 20.7. The largest absolute Gasteiger partial charge is 0.310 e. The average Bonchev–Trinajstić information content (AvgIpc) is 3.25. The number of benzene rings is 6. The highest BCUT2D eigenvalue weighted by Crippen LogP contribution is 2.50. The smallest absolute Gasteiger partial charge is 0.0645 e. The normalized spacial score (nSPS) is 14.6. The second kappa shape index (κ2) is 9.25. The van der Waals surface area contributed by atoms with Gasteiger partial charge in [-0.25, -0.2) is 0 Å². The lowest BCUT2D eigenvalue weighted by Crippen LogP contribution is -2.16. The van der Waals surface area contributed by atoms with Gasteiger partial charge in [0.1, 0.15) is 0 Å². The summed E-state index contributed by atoms with van der Waals surface area (Å²) in [6, 6.07) is 35.7. The van der Waals surface area contributed by atoms with Gasteiger partial charge in [-0.15, -0.1) is 0 Å². The van der Waals surface area contributed by atoms with E-state index in [0.717, 1.165) is 26.6 Å². The van der Waals surface area contributed by atoms with Gasteiger partial charge in [0.05, 0.1) is 5.48 Å². The summed E-state index contributed by atoms with van der Waals surface area (Å²) in [5, 5.41) is 1.82. The molecule has 0 heterocycles. The number of rotatable bonds is 4. The zero-order chi connectivity index (χ0) is 30.0. The maximum absolute atomic E-state index is 9.30. The van der Waals surface area contributed by atoms with E-state index >= 15 is 0 Å². The minimum absolute atomic E-state index is 0.0710. The van der Waals surface area contributed by atoms with Crippen LogP contribution < -0.4 is 4.90 Å². The summed E-state index contributed by atoms with van der Waals surface area (Å²) in [5.41, 5.74) is 7.33. The molecule has 0 saturated carbocycles. The molecule has 0 unspecified atom stereocenters. The lowest BCUT2D eigenvalue weighted by atomic mass is 9.82. The molecular weight excluding hydrogens is 538 g/mol. The Bertz CT molecular complexity index is 2040. The third-order valence-corrected chi connectivity index (χ3v) is 8.50. The molecule has 0 aliphatic heterocycles. The number of fused-ring (bicyclic) bond motifs is 4. The highest BCUT2D eigenvalue weighted by atomic mass is 79.9. The van der Waals surface area contributed by atoms with E-state index in [-0.39, 0.29) is 35.3 Å². The van der Waals surface area contributed by atoms with Crippen molar-refractivity contribution >= 4 is 43.8 Å². The van der Waals surface area contributed by atoms with Gasteiger partial charge < -0.3 is 4.90 Å². The number of para-hydroxylation sites is 1. The third-order valence-electron chi connectivity index (χ3n) is 7.81. The first kappa shape index (κ1) is 19.9. The van der Waals surface area contributed by atoms with Gasteiger partial charge in [0.15, 0.2) is 0 Å². The Hall–Kier alpha value is -4.14. The monoisotopic (exact) mass is 569 g/mol. The Labute approximate surface area is 244 Å². The number of anilines is 3. The van der Waals surface area contributed by atoms with E-state index in [9.17, 15) is 5.48 Å². The summed E-state index contributed by atoms with van der Waals surface area (Å²) in [4.78, 5) is 1.86. The number of halogens is 1. The highest BCUT2D eigenvalue weighted by Gasteiger charge is 2.35. The van der Waals surface area contributed by atoms with E-state index in [2.05, 4.69) is 66.2 Å². The lowest BCUT2D eigenvalue weighted by molar-refractivity contribution is 0.660. The molecule has 0 N–H and O–H groups in total. The van der Waals surface area contributed by atoms with E-state index in [1.807, 2.05) is 77.7 Å². The molecule has 39 heavy (non-hydrogen) atoms. The average molecular weight is 571 g/mol. The maximum Gasteiger partial charge on any atom is 0.0645 e. The Morgan fingerprint density at radius 3 is 2.05 bits per heavy atom. The first-order valence-corrected chi connectivity index (χ1v) is 13.9. The van der Waals surface area contributed by atoms with Crippen LogP contribution in [0.1, 0.15) is 30.5 Å². The fourth-order valence-corrected chi connectivity index (χ4v) is 6.36. The molecule has 0 aromatic heterocycles. The molecule has 0 fully saturated rings. The molecule has 188 valence electrons. The summed E-state index contributed by atoms with van der Waals surface area (Å²) in [6.07, 6.45) is 0. The Balaban J connectivity index is 1.47. The summed E-state index contributed by atoms with van der Waals surface area (Å²) in [7, 11) is 0. The van der Waals surface area contributed by atoms with Crippen LogP contribution in [0.3, 0.4) is 0 Å². The second-order valence-electron chi connectivity index (χ2n) is 10.4. The maximum atomic E-state index is 9.30. The fraction of sp³-hybridized carbons (Fsp3) is 0.0811. The van der Waals surface area contributed by atoms with Crippen LogP contribution in [-0.2, 0) is 5.41 Å². The van der Waals surface area contributed by atoms with Gasteiger partial charge in [-0.1, -0.05) is 121 Å². The van der Waals surface area contributed by atoms with Crippen LogP contribution in [0.4, 0.5) is 17.1 Å². The van der Waals surface area contributed by atoms with Crippen LogP contribution in [0.5, 0.6) is 0 Å². The van der Waals surface area contributed by atoms with Crippen molar-refractivity contribution in [1.29, 1.82) is 0 Å². The van der Waals surface area contributed by atoms with Crippen LogP contribution in [0.15, 0.2) is 138 Å². The van der Waals surface area contributed by atoms with Crippen LogP contribution in [0.25, 0.3) is 33.0 Å². The lowest BCUT2D eigenvalue weighted by Gasteiger charge is -2.28. The predicted molar refractivity (Wildman–Crippen MR) is 169 cm³/mol. The molecule has 7 rings (SSSR count). The first-order valence-electron chi connectivity index (χ1n) is 15.1. The molecule has 0 saturated heterocycles. The van der Waals surface area contributed by atoms with Crippen molar-refractivity contribution in [2.75, 3.05) is 4.90 Å². The summed E-state index contributed by atoms with van der Waals surface area (Å²) in [6.45, 7) is 4.45. The van der Waals surface area contributed by atoms with Crippen LogP contribution in [0.2, 0.25) is 0 Å². The summed E-state index contributed by atoms with van der Waals surface area (Å²) in [5.74, 6) is 0. The number of hydrogen-bond donors (Lipinski definition) is 0. The third kappa shape index (κ3) is 3.90. The number of hydrogen-bond acceptors (Lipinski definition) is 1. The molecule has 1 aliphatic rings. The molecule has 0 atom stereocenters.